The van der Waals surface area contributed by atoms with Crippen LogP contribution in [0.2, 0.25) is 10.0 Å². The van der Waals surface area contributed by atoms with Gasteiger partial charge in [-0.1, -0.05) is 29.3 Å². The van der Waals surface area contributed by atoms with Gasteiger partial charge in [-0.05, 0) is 19.1 Å². The third-order valence-corrected chi connectivity index (χ3v) is 5.30. The van der Waals surface area contributed by atoms with Gasteiger partial charge in [-0.15, -0.1) is 26.3 Å². The molecule has 3 aromatic heterocycles. The summed E-state index contributed by atoms with van der Waals surface area (Å²) >= 11 is 14.0. The average molecular weight is 449 g/mol. The number of rotatable bonds is 6. The van der Waals surface area contributed by atoms with Gasteiger partial charge in [0.05, 0.1) is 39.2 Å². The van der Waals surface area contributed by atoms with E-state index in [9.17, 15) is 4.79 Å². The summed E-state index contributed by atoms with van der Waals surface area (Å²) in [6, 6.07) is 4.99. The number of amides is 1. The molecule has 148 valence electrons. The van der Waals surface area contributed by atoms with Crippen molar-refractivity contribution in [2.75, 3.05) is 5.32 Å². The fourth-order valence-corrected chi connectivity index (χ4v) is 3.79. The molecule has 0 radical (unpaired) electrons. The number of anilines is 2. The molecule has 3 N–H and O–H groups in total. The van der Waals surface area contributed by atoms with E-state index in [0.717, 1.165) is 10.7 Å². The van der Waals surface area contributed by atoms with Gasteiger partial charge in [0.25, 0.3) is 5.91 Å². The number of halogens is 2. The number of thiazole rings is 1. The Morgan fingerprint density at radius 3 is 2.69 bits per heavy atom. The molecule has 0 spiro atoms. The van der Waals surface area contributed by atoms with Crippen molar-refractivity contribution in [1.29, 1.82) is 0 Å². The van der Waals surface area contributed by atoms with Gasteiger partial charge in [-0.2, -0.15) is 5.10 Å². The van der Waals surface area contributed by atoms with E-state index >= 15 is 0 Å². The fraction of sp³-hybridized carbons (Fsp3) is 0.118. The third-order valence-electron chi connectivity index (χ3n) is 3.87. The van der Waals surface area contributed by atoms with Crippen LogP contribution in [-0.4, -0.2) is 35.7 Å². The quantitative estimate of drug-likeness (QED) is 0.466. The second kappa shape index (κ2) is 7.82. The molecule has 1 amide bonds. The predicted octanol–water partition coefficient (Wildman–Crippen LogP) is 3.43. The van der Waals surface area contributed by atoms with Gasteiger partial charge in [0, 0.05) is 11.6 Å². The Hall–Kier alpha value is -2.95. The number of carbonyl (C=O) groups is 1. The number of aromatic nitrogens is 6. The number of para-hydroxylation sites is 1. The number of carbonyl (C=O) groups excluding carboxylic acids is 1. The molecule has 0 saturated carbocycles. The van der Waals surface area contributed by atoms with E-state index in [1.165, 1.54) is 4.80 Å². The van der Waals surface area contributed by atoms with E-state index in [1.54, 1.807) is 46.6 Å². The zero-order valence-corrected chi connectivity index (χ0v) is 17.3. The summed E-state index contributed by atoms with van der Waals surface area (Å²) < 4.78 is 1.72. The lowest BCUT2D eigenvalue weighted by molar-refractivity contribution is 0.0996. The molecule has 1 aromatic carbocycles. The molecular formula is C17H14Cl2N8OS. The number of hydrogen-bond donors (Lipinski definition) is 2. The predicted molar refractivity (Wildman–Crippen MR) is 111 cm³/mol. The van der Waals surface area contributed by atoms with Crippen molar-refractivity contribution in [3.63, 3.8) is 0 Å². The van der Waals surface area contributed by atoms with Gasteiger partial charge < -0.3 is 11.1 Å². The summed E-state index contributed by atoms with van der Waals surface area (Å²) in [6.07, 6.45) is 3.37. The lowest BCUT2D eigenvalue weighted by atomic mass is 10.3. The maximum absolute atomic E-state index is 11.8. The van der Waals surface area contributed by atoms with E-state index in [0.29, 0.717) is 28.0 Å². The first-order valence-corrected chi connectivity index (χ1v) is 9.96. The number of benzene rings is 1. The Morgan fingerprint density at radius 1 is 1.28 bits per heavy atom. The van der Waals surface area contributed by atoms with Gasteiger partial charge in [-0.25, -0.2) is 4.98 Å². The monoisotopic (exact) mass is 448 g/mol. The lowest BCUT2D eigenvalue weighted by Crippen LogP contribution is -2.14. The van der Waals surface area contributed by atoms with E-state index < -0.39 is 5.91 Å². The first-order valence-electron chi connectivity index (χ1n) is 8.32. The van der Waals surface area contributed by atoms with Crippen LogP contribution in [-0.2, 0) is 6.54 Å². The molecule has 3 heterocycles. The Morgan fingerprint density at radius 2 is 2.03 bits per heavy atom. The molecule has 0 aliphatic rings. The second-order valence-corrected chi connectivity index (χ2v) is 7.91. The van der Waals surface area contributed by atoms with E-state index in [4.69, 9.17) is 28.9 Å². The molecule has 0 bridgehead atoms. The summed E-state index contributed by atoms with van der Waals surface area (Å²) in [6.45, 7) is 2.47. The maximum Gasteiger partial charge on any atom is 0.273 e. The van der Waals surface area contributed by atoms with Crippen LogP contribution in [0, 0.1) is 6.92 Å². The van der Waals surface area contributed by atoms with Crippen molar-refractivity contribution >= 4 is 52.0 Å². The molecule has 0 fully saturated rings. The maximum atomic E-state index is 11.8. The Labute approximate surface area is 179 Å². The molecule has 0 aliphatic heterocycles. The smallest absolute Gasteiger partial charge is 0.273 e. The topological polar surface area (TPSA) is 117 Å². The number of nitrogens with two attached hydrogens (primary N) is 1. The van der Waals surface area contributed by atoms with Crippen LogP contribution in [0.4, 0.5) is 11.5 Å². The molecule has 4 aromatic rings. The summed E-state index contributed by atoms with van der Waals surface area (Å²) in [5.74, 6) is -0.579. The van der Waals surface area contributed by atoms with E-state index in [2.05, 4.69) is 25.6 Å². The van der Waals surface area contributed by atoms with Gasteiger partial charge in [0.15, 0.2) is 11.5 Å². The van der Waals surface area contributed by atoms with Crippen molar-refractivity contribution in [3.05, 3.63) is 62.4 Å². The first kappa shape index (κ1) is 19.4. The van der Waals surface area contributed by atoms with E-state index in [-0.39, 0.29) is 11.5 Å². The summed E-state index contributed by atoms with van der Waals surface area (Å²) in [4.78, 5) is 17.4. The molecule has 12 heteroatoms. The highest BCUT2D eigenvalue weighted by molar-refractivity contribution is 7.09. The molecule has 9 nitrogen and oxygen atoms in total. The van der Waals surface area contributed by atoms with Crippen molar-refractivity contribution in [1.82, 2.24) is 29.8 Å². The Bertz CT molecular complexity index is 1180. The lowest BCUT2D eigenvalue weighted by Gasteiger charge is -2.04. The highest BCUT2D eigenvalue weighted by Crippen LogP contribution is 2.28. The molecule has 29 heavy (non-hydrogen) atoms. The number of aryl methyl sites for hydroxylation is 1. The molecule has 0 saturated heterocycles. The standard InChI is InChI=1S/C17H14Cl2N8OS/c1-9-22-11(8-29-9)7-26-6-10(5-21-26)23-17-14(16(20)28)24-27(25-17)15-12(18)3-2-4-13(15)19/h2-6,8H,7H2,1H3,(H2,20,28)(H,23,25). The third kappa shape index (κ3) is 4.09. The van der Waals surface area contributed by atoms with E-state index in [1.807, 2.05) is 12.3 Å². The first-order chi connectivity index (χ1) is 13.9. The van der Waals surface area contributed by atoms with Crippen molar-refractivity contribution < 1.29 is 4.79 Å². The van der Waals surface area contributed by atoms with Crippen LogP contribution in [0.15, 0.2) is 36.0 Å². The van der Waals surface area contributed by atoms with Crippen molar-refractivity contribution in [3.8, 4) is 5.69 Å². The highest BCUT2D eigenvalue weighted by Gasteiger charge is 2.20. The summed E-state index contributed by atoms with van der Waals surface area (Å²) in [5.41, 5.74) is 7.28. The number of nitrogens with one attached hydrogen (secondary N) is 1. The zero-order valence-electron chi connectivity index (χ0n) is 15.0. The van der Waals surface area contributed by atoms with Gasteiger partial charge >= 0.3 is 0 Å². The number of hydrogen-bond acceptors (Lipinski definition) is 7. The normalized spacial score (nSPS) is 11.0. The molecular weight excluding hydrogens is 435 g/mol. The molecule has 4 rings (SSSR count). The molecule has 0 unspecified atom stereocenters. The minimum absolute atomic E-state index is 0.0520. The minimum atomic E-state index is -0.743. The van der Waals surface area contributed by atoms with Crippen LogP contribution in [0.3, 0.4) is 0 Å². The van der Waals surface area contributed by atoms with Crippen LogP contribution in [0.5, 0.6) is 0 Å². The van der Waals surface area contributed by atoms with Gasteiger partial charge in [0.1, 0.15) is 5.69 Å². The highest BCUT2D eigenvalue weighted by atomic mass is 35.5. The summed E-state index contributed by atoms with van der Waals surface area (Å²) in [5, 5.41) is 19.4. The summed E-state index contributed by atoms with van der Waals surface area (Å²) in [7, 11) is 0. The molecule has 0 atom stereocenters. The van der Waals surface area contributed by atoms with Crippen molar-refractivity contribution in [2.24, 2.45) is 5.73 Å². The second-order valence-electron chi connectivity index (χ2n) is 6.03. The van der Waals surface area contributed by atoms with Gasteiger partial charge in [0.2, 0.25) is 0 Å². The Kier molecular flexibility index (Phi) is 5.22. The SMILES string of the molecule is Cc1nc(Cn2cc(Nc3nn(-c4c(Cl)cccc4Cl)nc3C(N)=O)cn2)cs1. The minimum Gasteiger partial charge on any atom is -0.364 e. The number of nitrogens with zero attached hydrogens (tertiary/aromatic N) is 6. The number of primary amides is 1. The van der Waals surface area contributed by atoms with Crippen LogP contribution < -0.4 is 11.1 Å². The van der Waals surface area contributed by atoms with Crippen LogP contribution in [0.25, 0.3) is 5.69 Å². The van der Waals surface area contributed by atoms with Crippen LogP contribution >= 0.6 is 34.5 Å². The van der Waals surface area contributed by atoms with Crippen LogP contribution in [0.1, 0.15) is 21.2 Å². The zero-order chi connectivity index (χ0) is 20.5. The van der Waals surface area contributed by atoms with Crippen molar-refractivity contribution in [2.45, 2.75) is 13.5 Å². The fourth-order valence-electron chi connectivity index (χ4n) is 2.63. The van der Waals surface area contributed by atoms with Gasteiger partial charge in [-0.3, -0.25) is 9.48 Å². The largest absolute Gasteiger partial charge is 0.364 e. The Balaban J connectivity index is 1.62. The average Bonchev–Trinajstić information content (AvgIpc) is 3.37. The molecule has 0 aliphatic carbocycles.